The van der Waals surface area contributed by atoms with Crippen molar-refractivity contribution in [3.63, 3.8) is 0 Å². The maximum absolute atomic E-state index is 13.4. The van der Waals surface area contributed by atoms with Crippen LogP contribution in [0.1, 0.15) is 34.0 Å². The molecule has 2 aromatic carbocycles. The van der Waals surface area contributed by atoms with Gasteiger partial charge in [-0.25, -0.2) is 26.8 Å². The second-order valence-corrected chi connectivity index (χ2v) is 10.3. The summed E-state index contributed by atoms with van der Waals surface area (Å²) in [5.74, 6) is -1.22. The Morgan fingerprint density at radius 2 is 1.79 bits per heavy atom. The maximum Gasteiger partial charge on any atom is 0.335 e. The lowest BCUT2D eigenvalue weighted by molar-refractivity contribution is 0.0696. The lowest BCUT2D eigenvalue weighted by Gasteiger charge is -2.26. The number of carbonyl (C=O) groups is 1. The Morgan fingerprint density at radius 1 is 1.14 bits per heavy atom. The summed E-state index contributed by atoms with van der Waals surface area (Å²) in [7, 11) is -7.98. The maximum atomic E-state index is 13.4. The number of carboxylic acids is 1. The zero-order valence-electron chi connectivity index (χ0n) is 15.5. The zero-order chi connectivity index (χ0) is 21.0. The quantitative estimate of drug-likeness (QED) is 0.768. The number of primary sulfonamides is 1. The minimum absolute atomic E-state index is 0.0832. The molecule has 0 saturated heterocycles. The Labute approximate surface area is 163 Å². The number of nitrogens with zero attached hydrogens (tertiary/aromatic N) is 1. The highest BCUT2D eigenvalue weighted by Crippen LogP contribution is 2.39. The van der Waals surface area contributed by atoms with Crippen LogP contribution in [0.3, 0.4) is 0 Å². The molecule has 10 heteroatoms. The van der Waals surface area contributed by atoms with Gasteiger partial charge in [0, 0.05) is 6.04 Å². The largest absolute Gasteiger partial charge is 0.478 e. The van der Waals surface area contributed by atoms with Crippen LogP contribution in [0, 0.1) is 13.8 Å². The van der Waals surface area contributed by atoms with E-state index >= 15 is 0 Å². The minimum atomic E-state index is -4.07. The van der Waals surface area contributed by atoms with E-state index in [-0.39, 0.29) is 15.4 Å². The molecule has 0 amide bonds. The average Bonchev–Trinajstić information content (AvgIpc) is 2.91. The normalized spacial score (nSPS) is 16.9. The molecular formula is C18H20N2O6S2. The first-order valence-electron chi connectivity index (χ1n) is 8.38. The van der Waals surface area contributed by atoms with Crippen molar-refractivity contribution in [3.8, 4) is 0 Å². The minimum Gasteiger partial charge on any atom is -0.478 e. The summed E-state index contributed by atoms with van der Waals surface area (Å²) in [6, 6.07) is 6.17. The van der Waals surface area contributed by atoms with Crippen LogP contribution < -0.4 is 9.44 Å². The van der Waals surface area contributed by atoms with E-state index in [0.29, 0.717) is 28.8 Å². The molecule has 2 aromatic rings. The molecule has 0 aromatic heterocycles. The predicted octanol–water partition coefficient (Wildman–Crippen LogP) is 1.79. The van der Waals surface area contributed by atoms with Gasteiger partial charge in [-0.2, -0.15) is 0 Å². The van der Waals surface area contributed by atoms with Crippen LogP contribution in [0.2, 0.25) is 0 Å². The molecule has 0 fully saturated rings. The molecule has 1 aliphatic rings. The van der Waals surface area contributed by atoms with Gasteiger partial charge in [0.05, 0.1) is 21.0 Å². The van der Waals surface area contributed by atoms with Crippen molar-refractivity contribution in [2.45, 2.75) is 43.0 Å². The molecule has 3 rings (SSSR count). The van der Waals surface area contributed by atoms with Crippen LogP contribution >= 0.6 is 0 Å². The predicted molar refractivity (Wildman–Crippen MR) is 104 cm³/mol. The van der Waals surface area contributed by atoms with Crippen LogP contribution in [0.4, 0.5) is 5.69 Å². The number of rotatable bonds is 4. The lowest BCUT2D eigenvalue weighted by atomic mass is 10.1. The second-order valence-electron chi connectivity index (χ2n) is 6.91. The van der Waals surface area contributed by atoms with E-state index in [1.807, 2.05) is 0 Å². The summed E-state index contributed by atoms with van der Waals surface area (Å²) in [6.07, 6.45) is 0.314. The van der Waals surface area contributed by atoms with Crippen molar-refractivity contribution in [3.05, 3.63) is 52.6 Å². The van der Waals surface area contributed by atoms with Gasteiger partial charge in [-0.15, -0.1) is 0 Å². The number of hydrogen-bond acceptors (Lipinski definition) is 5. The molecule has 150 valence electrons. The van der Waals surface area contributed by atoms with E-state index in [2.05, 4.69) is 0 Å². The number of nitrogens with two attached hydrogens (primary N) is 1. The molecule has 3 N–H and O–H groups in total. The topological polar surface area (TPSA) is 135 Å². The standard InChI is InChI=1S/C18H20N2O6S2/c1-10-6-14(18(21)22)9-17(12(10)3)28(25,26)20-11(2)7-13-8-15(27(19,23)24)4-5-16(13)20/h4-6,8-9,11H,7H2,1-3H3,(H,21,22)(H2,19,23,24). The summed E-state index contributed by atoms with van der Waals surface area (Å²) in [4.78, 5) is 11.2. The summed E-state index contributed by atoms with van der Waals surface area (Å²) in [6.45, 7) is 4.98. The van der Waals surface area contributed by atoms with Gasteiger partial charge in [0.15, 0.2) is 0 Å². The molecule has 1 aliphatic heterocycles. The van der Waals surface area contributed by atoms with Gasteiger partial charge in [0.2, 0.25) is 10.0 Å². The number of sulfonamides is 2. The van der Waals surface area contributed by atoms with Crippen LogP contribution in [-0.4, -0.2) is 34.0 Å². The molecule has 8 nitrogen and oxygen atoms in total. The zero-order valence-corrected chi connectivity index (χ0v) is 17.1. The fourth-order valence-electron chi connectivity index (χ4n) is 3.45. The number of aromatic carboxylic acids is 1. The van der Waals surface area contributed by atoms with Gasteiger partial charge >= 0.3 is 5.97 Å². The first-order chi connectivity index (χ1) is 12.8. The van der Waals surface area contributed by atoms with Crippen LogP contribution in [-0.2, 0) is 26.5 Å². The number of carboxylic acid groups (broad SMARTS) is 1. The smallest absolute Gasteiger partial charge is 0.335 e. The summed E-state index contributed by atoms with van der Waals surface area (Å²) in [5.41, 5.74) is 1.81. The van der Waals surface area contributed by atoms with E-state index in [1.54, 1.807) is 20.8 Å². The molecule has 0 radical (unpaired) electrons. The molecule has 0 spiro atoms. The third-order valence-electron chi connectivity index (χ3n) is 4.94. The number of anilines is 1. The summed E-state index contributed by atoms with van der Waals surface area (Å²) < 4.78 is 51.2. The third kappa shape index (κ3) is 3.27. The SMILES string of the molecule is Cc1cc(C(=O)O)cc(S(=O)(=O)N2c3ccc(S(N)(=O)=O)cc3CC2C)c1C. The molecule has 1 atom stereocenters. The first kappa shape index (κ1) is 20.3. The molecule has 0 aliphatic carbocycles. The Balaban J connectivity index is 2.19. The van der Waals surface area contributed by atoms with Crippen molar-refractivity contribution in [2.24, 2.45) is 5.14 Å². The van der Waals surface area contributed by atoms with E-state index in [1.165, 1.54) is 28.6 Å². The highest BCUT2D eigenvalue weighted by atomic mass is 32.2. The fourth-order valence-corrected chi connectivity index (χ4v) is 6.03. The second kappa shape index (κ2) is 6.57. The van der Waals surface area contributed by atoms with Crippen molar-refractivity contribution in [1.29, 1.82) is 0 Å². The van der Waals surface area contributed by atoms with Crippen LogP contribution in [0.25, 0.3) is 0 Å². The van der Waals surface area contributed by atoms with Crippen molar-refractivity contribution >= 4 is 31.7 Å². The van der Waals surface area contributed by atoms with E-state index < -0.39 is 32.1 Å². The van der Waals surface area contributed by atoms with Crippen molar-refractivity contribution in [1.82, 2.24) is 0 Å². The summed E-state index contributed by atoms with van der Waals surface area (Å²) >= 11 is 0. The van der Waals surface area contributed by atoms with E-state index in [4.69, 9.17) is 5.14 Å². The molecular weight excluding hydrogens is 404 g/mol. The van der Waals surface area contributed by atoms with Crippen LogP contribution in [0.15, 0.2) is 40.1 Å². The third-order valence-corrected chi connectivity index (χ3v) is 7.90. The van der Waals surface area contributed by atoms with Gasteiger partial charge in [0.1, 0.15) is 0 Å². The molecule has 0 bridgehead atoms. The molecule has 1 unspecified atom stereocenters. The highest BCUT2D eigenvalue weighted by Gasteiger charge is 2.38. The van der Waals surface area contributed by atoms with Gasteiger partial charge in [0.25, 0.3) is 10.0 Å². The monoisotopic (exact) mass is 424 g/mol. The average molecular weight is 425 g/mol. The van der Waals surface area contributed by atoms with Gasteiger partial charge < -0.3 is 5.11 Å². The van der Waals surface area contributed by atoms with Gasteiger partial charge in [-0.05, 0) is 74.2 Å². The molecule has 0 saturated carbocycles. The Bertz CT molecular complexity index is 1200. The highest BCUT2D eigenvalue weighted by molar-refractivity contribution is 7.93. The van der Waals surface area contributed by atoms with Gasteiger partial charge in [-0.1, -0.05) is 0 Å². The van der Waals surface area contributed by atoms with E-state index in [0.717, 1.165) is 6.07 Å². The van der Waals surface area contributed by atoms with Crippen molar-refractivity contribution in [2.75, 3.05) is 4.31 Å². The van der Waals surface area contributed by atoms with E-state index in [9.17, 15) is 26.7 Å². The summed E-state index contributed by atoms with van der Waals surface area (Å²) in [5, 5.41) is 14.5. The van der Waals surface area contributed by atoms with Gasteiger partial charge in [-0.3, -0.25) is 4.31 Å². The Kier molecular flexibility index (Phi) is 4.77. The first-order valence-corrected chi connectivity index (χ1v) is 11.4. The Hall–Kier alpha value is -2.43. The number of aryl methyl sites for hydroxylation is 1. The lowest BCUT2D eigenvalue weighted by Crippen LogP contribution is -2.36. The number of hydrogen-bond donors (Lipinski definition) is 2. The number of fused-ring (bicyclic) bond motifs is 1. The van der Waals surface area contributed by atoms with Crippen LogP contribution in [0.5, 0.6) is 0 Å². The number of benzene rings is 2. The Morgan fingerprint density at radius 3 is 2.36 bits per heavy atom. The molecule has 28 heavy (non-hydrogen) atoms. The van der Waals surface area contributed by atoms with Crippen molar-refractivity contribution < 1.29 is 26.7 Å². The molecule has 1 heterocycles. The fraction of sp³-hybridized carbons (Fsp3) is 0.278.